The third kappa shape index (κ3) is 3.80. The molecule has 0 radical (unpaired) electrons. The third-order valence-corrected chi connectivity index (χ3v) is 2.26. The van der Waals surface area contributed by atoms with E-state index < -0.39 is 40.7 Å². The number of methoxy groups -OCH3 is 1. The van der Waals surface area contributed by atoms with E-state index in [4.69, 9.17) is 0 Å². The summed E-state index contributed by atoms with van der Waals surface area (Å²) in [6.07, 6.45) is -5.12. The molecule has 0 amide bonds. The molecule has 1 aromatic heterocycles. The second-order valence-electron chi connectivity index (χ2n) is 3.59. The highest BCUT2D eigenvalue weighted by Gasteiger charge is 2.35. The van der Waals surface area contributed by atoms with Crippen LogP contribution in [0.3, 0.4) is 0 Å². The molecule has 0 aliphatic heterocycles. The smallest absolute Gasteiger partial charge is 0.469 e. The van der Waals surface area contributed by atoms with Crippen LogP contribution in [0.5, 0.6) is 5.75 Å². The zero-order valence-electron chi connectivity index (χ0n) is 10.4. The minimum atomic E-state index is -5.06. The van der Waals surface area contributed by atoms with Gasteiger partial charge in [-0.15, -0.1) is 13.2 Å². The molecule has 0 unspecified atom stereocenters. The number of nitro groups is 1. The predicted octanol–water partition coefficient (Wildman–Crippen LogP) is 1.91. The lowest BCUT2D eigenvalue weighted by atomic mass is 10.1. The molecule has 1 rings (SSSR count). The number of rotatable bonds is 4. The minimum absolute atomic E-state index is 0.136. The first-order valence-electron chi connectivity index (χ1n) is 5.11. The van der Waals surface area contributed by atoms with Gasteiger partial charge < -0.3 is 9.47 Å². The highest BCUT2D eigenvalue weighted by molar-refractivity contribution is 5.75. The van der Waals surface area contributed by atoms with Crippen molar-refractivity contribution in [3.63, 3.8) is 0 Å². The number of aryl methyl sites for hydroxylation is 1. The van der Waals surface area contributed by atoms with Crippen molar-refractivity contribution in [2.24, 2.45) is 0 Å². The standard InChI is InChI=1S/C10H9F3N2O5/c1-5-9(15(17)18)6(3-8(16)19-2)7(4-14-5)20-10(11,12)13/h4H,3H2,1-2H3. The predicted molar refractivity (Wildman–Crippen MR) is 58.0 cm³/mol. The third-order valence-electron chi connectivity index (χ3n) is 2.26. The number of esters is 1. The van der Waals surface area contributed by atoms with Gasteiger partial charge in [0.05, 0.1) is 30.2 Å². The van der Waals surface area contributed by atoms with E-state index in [0.717, 1.165) is 7.11 Å². The first-order valence-corrected chi connectivity index (χ1v) is 5.11. The van der Waals surface area contributed by atoms with Crippen LogP contribution in [0, 0.1) is 17.0 Å². The van der Waals surface area contributed by atoms with E-state index in [1.807, 2.05) is 0 Å². The zero-order chi connectivity index (χ0) is 15.5. The van der Waals surface area contributed by atoms with Gasteiger partial charge in [-0.1, -0.05) is 0 Å². The fraction of sp³-hybridized carbons (Fsp3) is 0.400. The highest BCUT2D eigenvalue weighted by Crippen LogP contribution is 2.34. The molecule has 10 heteroatoms. The number of halogens is 3. The van der Waals surface area contributed by atoms with E-state index >= 15 is 0 Å². The second-order valence-corrected chi connectivity index (χ2v) is 3.59. The second kappa shape index (κ2) is 5.72. The quantitative estimate of drug-likeness (QED) is 0.478. The van der Waals surface area contributed by atoms with Crippen LogP contribution in [0.1, 0.15) is 11.3 Å². The fourth-order valence-electron chi connectivity index (χ4n) is 1.47. The van der Waals surface area contributed by atoms with Crippen molar-refractivity contribution in [1.29, 1.82) is 0 Å². The summed E-state index contributed by atoms with van der Waals surface area (Å²) in [4.78, 5) is 24.6. The molecule has 0 atom stereocenters. The van der Waals surface area contributed by atoms with Gasteiger partial charge in [-0.2, -0.15) is 0 Å². The summed E-state index contributed by atoms with van der Waals surface area (Å²) >= 11 is 0. The molecule has 0 aliphatic carbocycles. The number of carbonyl (C=O) groups is 1. The van der Waals surface area contributed by atoms with Crippen LogP contribution in [0.15, 0.2) is 6.20 Å². The molecule has 1 aromatic rings. The average Bonchev–Trinajstić information content (AvgIpc) is 2.30. The molecule has 0 fully saturated rings. The Morgan fingerprint density at radius 3 is 2.55 bits per heavy atom. The Labute approximate surface area is 110 Å². The summed E-state index contributed by atoms with van der Waals surface area (Å²) in [5.74, 6) is -1.84. The molecule has 1 heterocycles. The first kappa shape index (κ1) is 15.7. The van der Waals surface area contributed by atoms with E-state index in [2.05, 4.69) is 14.5 Å². The summed E-state index contributed by atoms with van der Waals surface area (Å²) in [6, 6.07) is 0. The Kier molecular flexibility index (Phi) is 4.48. The molecule has 110 valence electrons. The van der Waals surface area contributed by atoms with Gasteiger partial charge in [-0.3, -0.25) is 19.9 Å². The molecular weight excluding hydrogens is 285 g/mol. The molecule has 0 bridgehead atoms. The largest absolute Gasteiger partial charge is 0.573 e. The Balaban J connectivity index is 3.39. The summed E-state index contributed by atoms with van der Waals surface area (Å²) in [5.41, 5.74) is -1.38. The lowest BCUT2D eigenvalue weighted by Gasteiger charge is -2.13. The van der Waals surface area contributed by atoms with Gasteiger partial charge in [0.25, 0.3) is 5.69 Å². The first-order chi connectivity index (χ1) is 9.15. The maximum Gasteiger partial charge on any atom is 0.573 e. The summed E-state index contributed by atoms with van der Waals surface area (Å²) in [6.45, 7) is 1.23. The van der Waals surface area contributed by atoms with E-state index in [1.165, 1.54) is 6.92 Å². The van der Waals surface area contributed by atoms with Crippen molar-refractivity contribution >= 4 is 11.7 Å². The van der Waals surface area contributed by atoms with Crippen LogP contribution in [-0.2, 0) is 16.0 Å². The van der Waals surface area contributed by atoms with Gasteiger partial charge in [-0.25, -0.2) is 0 Å². The Bertz CT molecular complexity index is 544. The van der Waals surface area contributed by atoms with Crippen LogP contribution >= 0.6 is 0 Å². The van der Waals surface area contributed by atoms with E-state index in [1.54, 1.807) is 0 Å². The Hall–Kier alpha value is -2.39. The van der Waals surface area contributed by atoms with Crippen molar-refractivity contribution in [1.82, 2.24) is 4.98 Å². The maximum atomic E-state index is 12.2. The number of carbonyl (C=O) groups excluding carboxylic acids is 1. The topological polar surface area (TPSA) is 91.6 Å². The molecule has 20 heavy (non-hydrogen) atoms. The molecule has 0 aromatic carbocycles. The van der Waals surface area contributed by atoms with Crippen molar-refractivity contribution in [2.75, 3.05) is 7.11 Å². The van der Waals surface area contributed by atoms with E-state index in [9.17, 15) is 28.1 Å². The molecule has 0 saturated carbocycles. The fourth-order valence-corrected chi connectivity index (χ4v) is 1.47. The van der Waals surface area contributed by atoms with Crippen LogP contribution in [0.25, 0.3) is 0 Å². The average molecular weight is 294 g/mol. The highest BCUT2D eigenvalue weighted by atomic mass is 19.4. The molecular formula is C10H9F3N2O5. The number of nitrogens with zero attached hydrogens (tertiary/aromatic N) is 2. The number of ether oxygens (including phenoxy) is 2. The number of hydrogen-bond donors (Lipinski definition) is 0. The molecule has 0 aliphatic rings. The Morgan fingerprint density at radius 2 is 2.10 bits per heavy atom. The number of alkyl halides is 3. The minimum Gasteiger partial charge on any atom is -0.469 e. The number of hydrogen-bond acceptors (Lipinski definition) is 6. The van der Waals surface area contributed by atoms with Crippen molar-refractivity contribution < 1.29 is 32.4 Å². The summed E-state index contributed by atoms with van der Waals surface area (Å²) in [7, 11) is 1.01. The van der Waals surface area contributed by atoms with Crippen LogP contribution < -0.4 is 4.74 Å². The van der Waals surface area contributed by atoms with Gasteiger partial charge in [0.1, 0.15) is 5.69 Å². The van der Waals surface area contributed by atoms with E-state index in [0.29, 0.717) is 6.20 Å². The van der Waals surface area contributed by atoms with Crippen molar-refractivity contribution in [3.8, 4) is 5.75 Å². The van der Waals surface area contributed by atoms with E-state index in [-0.39, 0.29) is 5.69 Å². The zero-order valence-corrected chi connectivity index (χ0v) is 10.4. The SMILES string of the molecule is COC(=O)Cc1c(OC(F)(F)F)cnc(C)c1[N+](=O)[O-]. The number of pyridine rings is 1. The van der Waals surface area contributed by atoms with Gasteiger partial charge in [-0.05, 0) is 6.92 Å². The van der Waals surface area contributed by atoms with Gasteiger partial charge >= 0.3 is 12.3 Å². The lowest BCUT2D eigenvalue weighted by Crippen LogP contribution is -2.20. The summed E-state index contributed by atoms with van der Waals surface area (Å²) < 4.78 is 44.7. The van der Waals surface area contributed by atoms with Crippen LogP contribution in [0.4, 0.5) is 18.9 Å². The molecule has 7 nitrogen and oxygen atoms in total. The maximum absolute atomic E-state index is 12.2. The monoisotopic (exact) mass is 294 g/mol. The van der Waals surface area contributed by atoms with Gasteiger partial charge in [0, 0.05) is 0 Å². The normalized spacial score (nSPS) is 11.1. The van der Waals surface area contributed by atoms with Crippen molar-refractivity contribution in [3.05, 3.63) is 27.6 Å². The van der Waals surface area contributed by atoms with Crippen molar-refractivity contribution in [2.45, 2.75) is 19.7 Å². The molecule has 0 spiro atoms. The number of aromatic nitrogens is 1. The molecule has 0 N–H and O–H groups in total. The Morgan fingerprint density at radius 1 is 1.50 bits per heavy atom. The van der Waals surface area contributed by atoms with Crippen LogP contribution in [-0.4, -0.2) is 29.3 Å². The summed E-state index contributed by atoms with van der Waals surface area (Å²) in [5, 5.41) is 10.9. The van der Waals surface area contributed by atoms with Gasteiger partial charge in [0.15, 0.2) is 5.75 Å². The molecule has 0 saturated heterocycles. The van der Waals surface area contributed by atoms with Gasteiger partial charge in [0.2, 0.25) is 0 Å². The lowest BCUT2D eigenvalue weighted by molar-refractivity contribution is -0.386. The van der Waals surface area contributed by atoms with Crippen LogP contribution in [0.2, 0.25) is 0 Å².